The molecule has 1 atom stereocenters. The molecule has 134 valence electrons. The number of benzene rings is 1. The molecular weight excluding hydrogens is 354 g/mol. The predicted molar refractivity (Wildman–Crippen MR) is 96.1 cm³/mol. The fourth-order valence-corrected chi connectivity index (χ4v) is 3.32. The van der Waals surface area contributed by atoms with Gasteiger partial charge in [0.05, 0.1) is 5.92 Å². The van der Waals surface area contributed by atoms with E-state index in [1.165, 1.54) is 0 Å². The minimum absolute atomic E-state index is 0.00670. The average Bonchev–Trinajstić information content (AvgIpc) is 3.31. The Bertz CT molecular complexity index is 916. The van der Waals surface area contributed by atoms with Crippen molar-refractivity contribution in [1.82, 2.24) is 15.0 Å². The van der Waals surface area contributed by atoms with E-state index in [1.54, 1.807) is 24.3 Å². The second-order valence-electron chi connectivity index (χ2n) is 6.46. The maximum absolute atomic E-state index is 12.7. The molecule has 1 amide bonds. The first-order valence-electron chi connectivity index (χ1n) is 8.55. The molecule has 1 aromatic carbocycles. The third-order valence-corrected chi connectivity index (χ3v) is 4.80. The van der Waals surface area contributed by atoms with Crippen molar-refractivity contribution in [2.75, 3.05) is 13.1 Å². The first-order valence-corrected chi connectivity index (χ1v) is 8.93. The molecule has 3 heterocycles. The first kappa shape index (κ1) is 16.8. The zero-order chi connectivity index (χ0) is 18.1. The van der Waals surface area contributed by atoms with E-state index in [0.717, 1.165) is 25.1 Å². The second kappa shape index (κ2) is 6.96. The van der Waals surface area contributed by atoms with Crippen LogP contribution < -0.4 is 0 Å². The standard InChI is InChI=1S/C19H18ClN3O3/c1-12-4-9-16(25-12)17-21-18(26-22-17)14-3-2-10-23(11-14)19(24)13-5-7-15(20)8-6-13/h4-9,14H,2-3,10-11H2,1H3/t14-/m0/s1. The predicted octanol–water partition coefficient (Wildman–Crippen LogP) is 4.31. The van der Waals surface area contributed by atoms with Gasteiger partial charge in [0.15, 0.2) is 5.76 Å². The Morgan fingerprint density at radius 3 is 2.77 bits per heavy atom. The molecule has 0 N–H and O–H groups in total. The van der Waals surface area contributed by atoms with Gasteiger partial charge in [-0.1, -0.05) is 16.8 Å². The van der Waals surface area contributed by atoms with Gasteiger partial charge in [-0.15, -0.1) is 0 Å². The molecule has 1 aliphatic rings. The number of aryl methyl sites for hydroxylation is 1. The van der Waals surface area contributed by atoms with Crippen LogP contribution in [-0.4, -0.2) is 34.0 Å². The number of hydrogen-bond donors (Lipinski definition) is 0. The van der Waals surface area contributed by atoms with Gasteiger partial charge in [0, 0.05) is 23.7 Å². The molecule has 0 radical (unpaired) electrons. The number of aromatic nitrogens is 2. The molecule has 1 aliphatic heterocycles. The number of piperidine rings is 1. The van der Waals surface area contributed by atoms with Crippen LogP contribution in [0.25, 0.3) is 11.6 Å². The highest BCUT2D eigenvalue weighted by Gasteiger charge is 2.29. The highest BCUT2D eigenvalue weighted by atomic mass is 35.5. The van der Waals surface area contributed by atoms with Gasteiger partial charge in [-0.05, 0) is 56.2 Å². The summed E-state index contributed by atoms with van der Waals surface area (Å²) in [6.45, 7) is 3.14. The molecular formula is C19H18ClN3O3. The third kappa shape index (κ3) is 3.37. The molecule has 0 unspecified atom stereocenters. The number of amides is 1. The van der Waals surface area contributed by atoms with Gasteiger partial charge >= 0.3 is 0 Å². The number of carbonyl (C=O) groups is 1. The van der Waals surface area contributed by atoms with Crippen LogP contribution in [0.4, 0.5) is 0 Å². The van der Waals surface area contributed by atoms with Crippen molar-refractivity contribution in [3.63, 3.8) is 0 Å². The Morgan fingerprint density at radius 1 is 1.23 bits per heavy atom. The third-order valence-electron chi connectivity index (χ3n) is 4.55. The number of hydrogen-bond acceptors (Lipinski definition) is 5. The monoisotopic (exact) mass is 371 g/mol. The van der Waals surface area contributed by atoms with Gasteiger partial charge in [-0.25, -0.2) is 0 Å². The van der Waals surface area contributed by atoms with E-state index in [9.17, 15) is 4.79 Å². The van der Waals surface area contributed by atoms with E-state index in [-0.39, 0.29) is 11.8 Å². The molecule has 1 saturated heterocycles. The molecule has 0 aliphatic carbocycles. The lowest BCUT2D eigenvalue weighted by molar-refractivity contribution is 0.0695. The largest absolute Gasteiger partial charge is 0.458 e. The lowest BCUT2D eigenvalue weighted by Crippen LogP contribution is -2.39. The van der Waals surface area contributed by atoms with Gasteiger partial charge in [0.1, 0.15) is 5.76 Å². The summed E-state index contributed by atoms with van der Waals surface area (Å²) in [5, 5.41) is 4.63. The maximum atomic E-state index is 12.7. The molecule has 3 aromatic rings. The maximum Gasteiger partial charge on any atom is 0.253 e. The van der Waals surface area contributed by atoms with Crippen LogP contribution in [0.3, 0.4) is 0 Å². The Morgan fingerprint density at radius 2 is 2.04 bits per heavy atom. The molecule has 2 aromatic heterocycles. The van der Waals surface area contributed by atoms with Gasteiger partial charge in [0.2, 0.25) is 11.7 Å². The topological polar surface area (TPSA) is 72.4 Å². The molecule has 0 bridgehead atoms. The zero-order valence-electron chi connectivity index (χ0n) is 14.3. The summed E-state index contributed by atoms with van der Waals surface area (Å²) in [6.07, 6.45) is 1.80. The van der Waals surface area contributed by atoms with Gasteiger partial charge < -0.3 is 13.8 Å². The van der Waals surface area contributed by atoms with Crippen LogP contribution in [-0.2, 0) is 0 Å². The number of rotatable bonds is 3. The molecule has 26 heavy (non-hydrogen) atoms. The van der Waals surface area contributed by atoms with Crippen LogP contribution in [0.5, 0.6) is 0 Å². The SMILES string of the molecule is Cc1ccc(-c2noc([C@H]3CCCN(C(=O)c4ccc(Cl)cc4)C3)n2)o1. The summed E-state index contributed by atoms with van der Waals surface area (Å²) in [7, 11) is 0. The Kier molecular flexibility index (Phi) is 4.51. The summed E-state index contributed by atoms with van der Waals surface area (Å²) < 4.78 is 11.0. The molecule has 1 fully saturated rings. The first-order chi connectivity index (χ1) is 12.6. The van der Waals surface area contributed by atoms with E-state index in [2.05, 4.69) is 10.1 Å². The van der Waals surface area contributed by atoms with Crippen molar-refractivity contribution in [3.8, 4) is 11.6 Å². The van der Waals surface area contributed by atoms with Crippen molar-refractivity contribution >= 4 is 17.5 Å². The quantitative estimate of drug-likeness (QED) is 0.685. The number of likely N-dealkylation sites (tertiary alicyclic amines) is 1. The summed E-state index contributed by atoms with van der Waals surface area (Å²) in [5.41, 5.74) is 0.632. The van der Waals surface area contributed by atoms with E-state index in [0.29, 0.717) is 34.6 Å². The van der Waals surface area contributed by atoms with Crippen LogP contribution in [0.15, 0.2) is 45.3 Å². The van der Waals surface area contributed by atoms with E-state index in [4.69, 9.17) is 20.5 Å². The van der Waals surface area contributed by atoms with E-state index in [1.807, 2.05) is 24.0 Å². The number of halogens is 1. The lowest BCUT2D eigenvalue weighted by atomic mass is 9.97. The van der Waals surface area contributed by atoms with Crippen molar-refractivity contribution < 1.29 is 13.7 Å². The Hall–Kier alpha value is -2.60. The van der Waals surface area contributed by atoms with Crippen molar-refractivity contribution in [1.29, 1.82) is 0 Å². The number of nitrogens with zero attached hydrogens (tertiary/aromatic N) is 3. The second-order valence-corrected chi connectivity index (χ2v) is 6.90. The Labute approximate surface area is 155 Å². The smallest absolute Gasteiger partial charge is 0.253 e. The van der Waals surface area contributed by atoms with E-state index < -0.39 is 0 Å². The van der Waals surface area contributed by atoms with Crippen molar-refractivity contribution in [3.05, 3.63) is 58.6 Å². The highest BCUT2D eigenvalue weighted by molar-refractivity contribution is 6.30. The number of carbonyl (C=O) groups excluding carboxylic acids is 1. The summed E-state index contributed by atoms with van der Waals surface area (Å²) in [4.78, 5) is 19.0. The normalized spacial score (nSPS) is 17.5. The zero-order valence-corrected chi connectivity index (χ0v) is 15.1. The molecule has 6 nitrogen and oxygen atoms in total. The van der Waals surface area contributed by atoms with Gasteiger partial charge in [-0.3, -0.25) is 4.79 Å². The van der Waals surface area contributed by atoms with Crippen molar-refractivity contribution in [2.24, 2.45) is 0 Å². The summed E-state index contributed by atoms with van der Waals surface area (Å²) in [5.74, 6) is 2.38. The Balaban J connectivity index is 1.49. The highest BCUT2D eigenvalue weighted by Crippen LogP contribution is 2.29. The van der Waals surface area contributed by atoms with Crippen LogP contribution in [0, 0.1) is 6.92 Å². The minimum atomic E-state index is -0.00670. The molecule has 0 saturated carbocycles. The van der Waals surface area contributed by atoms with Gasteiger partial charge in [0.25, 0.3) is 5.91 Å². The molecule has 4 rings (SSSR count). The molecule has 7 heteroatoms. The van der Waals surface area contributed by atoms with Crippen LogP contribution >= 0.6 is 11.6 Å². The molecule has 0 spiro atoms. The number of furan rings is 1. The van der Waals surface area contributed by atoms with Crippen LogP contribution in [0.2, 0.25) is 5.02 Å². The average molecular weight is 372 g/mol. The fourth-order valence-electron chi connectivity index (χ4n) is 3.19. The van der Waals surface area contributed by atoms with E-state index >= 15 is 0 Å². The van der Waals surface area contributed by atoms with Gasteiger partial charge in [-0.2, -0.15) is 4.98 Å². The summed E-state index contributed by atoms with van der Waals surface area (Å²) in [6, 6.07) is 10.6. The fraction of sp³-hybridized carbons (Fsp3) is 0.316. The summed E-state index contributed by atoms with van der Waals surface area (Å²) >= 11 is 5.90. The lowest BCUT2D eigenvalue weighted by Gasteiger charge is -2.31. The van der Waals surface area contributed by atoms with Crippen LogP contribution in [0.1, 0.15) is 40.8 Å². The minimum Gasteiger partial charge on any atom is -0.458 e. The van der Waals surface area contributed by atoms with Crippen molar-refractivity contribution in [2.45, 2.75) is 25.7 Å².